The van der Waals surface area contributed by atoms with Crippen LogP contribution in [0.1, 0.15) is 57.5 Å². The number of hydrogen-bond acceptors (Lipinski definition) is 2. The van der Waals surface area contributed by atoms with Crippen LogP contribution in [0.5, 0.6) is 0 Å². The fourth-order valence-corrected chi connectivity index (χ4v) is 3.18. The lowest BCUT2D eigenvalue weighted by atomic mass is 10.1. The monoisotopic (exact) mass is 402 g/mol. The molecular formula is C22H21F3N2O2. The molecule has 0 radical (unpaired) electrons. The zero-order chi connectivity index (χ0) is 20.6. The van der Waals surface area contributed by atoms with E-state index in [2.05, 4.69) is 5.32 Å². The molecule has 2 aliphatic carbocycles. The molecule has 152 valence electrons. The molecule has 29 heavy (non-hydrogen) atoms. The molecule has 2 amide bonds. The SMILES string of the molecule is O=C(NC1CC1)c1ccc(CN(C(=O)c2ccc(C(F)(F)F)cc2)C2CC2)cc1. The molecule has 2 saturated carbocycles. The van der Waals surface area contributed by atoms with Gasteiger partial charge in [0.25, 0.3) is 11.8 Å². The summed E-state index contributed by atoms with van der Waals surface area (Å²) in [5.41, 5.74) is 0.922. The van der Waals surface area contributed by atoms with Crippen molar-refractivity contribution >= 4 is 11.8 Å². The molecule has 0 aromatic heterocycles. The highest BCUT2D eigenvalue weighted by Gasteiger charge is 2.34. The summed E-state index contributed by atoms with van der Waals surface area (Å²) in [5, 5.41) is 2.93. The number of alkyl halides is 3. The Hall–Kier alpha value is -2.83. The Labute approximate surface area is 166 Å². The standard InChI is InChI=1S/C22H21F3N2O2/c23-22(24,25)17-7-5-16(6-8-17)21(29)27(19-11-12-19)13-14-1-3-15(4-2-14)20(28)26-18-9-10-18/h1-8,18-19H,9-13H2,(H,26,28). The molecule has 0 heterocycles. The molecule has 7 heteroatoms. The van der Waals surface area contributed by atoms with Crippen molar-refractivity contribution < 1.29 is 22.8 Å². The third kappa shape index (κ3) is 4.78. The van der Waals surface area contributed by atoms with Crippen molar-refractivity contribution in [3.8, 4) is 0 Å². The lowest BCUT2D eigenvalue weighted by Crippen LogP contribution is -2.32. The molecule has 0 aliphatic heterocycles. The van der Waals surface area contributed by atoms with E-state index in [1.165, 1.54) is 12.1 Å². The minimum Gasteiger partial charge on any atom is -0.349 e. The van der Waals surface area contributed by atoms with Crippen molar-refractivity contribution in [2.75, 3.05) is 0 Å². The molecule has 0 unspecified atom stereocenters. The Bertz CT molecular complexity index is 899. The van der Waals surface area contributed by atoms with Crippen LogP contribution in [0.25, 0.3) is 0 Å². The molecule has 4 rings (SSSR count). The number of rotatable bonds is 6. The van der Waals surface area contributed by atoms with Crippen LogP contribution in [0, 0.1) is 0 Å². The highest BCUT2D eigenvalue weighted by atomic mass is 19.4. The maximum Gasteiger partial charge on any atom is 0.416 e. The summed E-state index contributed by atoms with van der Waals surface area (Å²) < 4.78 is 38.2. The summed E-state index contributed by atoms with van der Waals surface area (Å²) >= 11 is 0. The average Bonchev–Trinajstić information content (AvgIpc) is 3.60. The first-order valence-electron chi connectivity index (χ1n) is 9.69. The molecule has 0 saturated heterocycles. The zero-order valence-corrected chi connectivity index (χ0v) is 15.7. The van der Waals surface area contributed by atoms with Crippen molar-refractivity contribution in [3.63, 3.8) is 0 Å². The number of nitrogens with one attached hydrogen (secondary N) is 1. The molecule has 2 aromatic rings. The summed E-state index contributed by atoms with van der Waals surface area (Å²) in [4.78, 5) is 26.7. The van der Waals surface area contributed by atoms with Gasteiger partial charge in [-0.05, 0) is 67.6 Å². The third-order valence-corrected chi connectivity index (χ3v) is 5.19. The van der Waals surface area contributed by atoms with Crippen LogP contribution in [0.3, 0.4) is 0 Å². The van der Waals surface area contributed by atoms with Gasteiger partial charge in [-0.25, -0.2) is 0 Å². The van der Waals surface area contributed by atoms with Gasteiger partial charge in [0.15, 0.2) is 0 Å². The number of hydrogen-bond donors (Lipinski definition) is 1. The van der Waals surface area contributed by atoms with Crippen LogP contribution >= 0.6 is 0 Å². The van der Waals surface area contributed by atoms with Gasteiger partial charge in [0.05, 0.1) is 5.56 Å². The molecule has 2 aromatic carbocycles. The Morgan fingerprint density at radius 3 is 2.00 bits per heavy atom. The molecule has 1 N–H and O–H groups in total. The van der Waals surface area contributed by atoms with Crippen molar-refractivity contribution in [2.24, 2.45) is 0 Å². The van der Waals surface area contributed by atoms with E-state index in [-0.39, 0.29) is 29.5 Å². The number of nitrogens with zero attached hydrogens (tertiary/aromatic N) is 1. The van der Waals surface area contributed by atoms with E-state index in [9.17, 15) is 22.8 Å². The maximum absolute atomic E-state index is 12.9. The van der Waals surface area contributed by atoms with Gasteiger partial charge < -0.3 is 10.2 Å². The topological polar surface area (TPSA) is 49.4 Å². The van der Waals surface area contributed by atoms with Gasteiger partial charge in [0.1, 0.15) is 0 Å². The van der Waals surface area contributed by atoms with Crippen LogP contribution in [0.2, 0.25) is 0 Å². The Balaban J connectivity index is 1.45. The summed E-state index contributed by atoms with van der Waals surface area (Å²) in [6.07, 6.45) is -0.619. The van der Waals surface area contributed by atoms with Gasteiger partial charge in [-0.1, -0.05) is 12.1 Å². The van der Waals surface area contributed by atoms with Crippen LogP contribution < -0.4 is 5.32 Å². The van der Waals surface area contributed by atoms with Gasteiger partial charge in [-0.15, -0.1) is 0 Å². The van der Waals surface area contributed by atoms with E-state index >= 15 is 0 Å². The normalized spacial score (nSPS) is 16.4. The van der Waals surface area contributed by atoms with E-state index in [1.54, 1.807) is 17.0 Å². The average molecular weight is 402 g/mol. The zero-order valence-electron chi connectivity index (χ0n) is 15.7. The summed E-state index contributed by atoms with van der Waals surface area (Å²) in [6, 6.07) is 11.8. The Morgan fingerprint density at radius 1 is 0.897 bits per heavy atom. The van der Waals surface area contributed by atoms with E-state index in [0.29, 0.717) is 12.1 Å². The van der Waals surface area contributed by atoms with Gasteiger partial charge in [-0.3, -0.25) is 9.59 Å². The third-order valence-electron chi connectivity index (χ3n) is 5.19. The molecule has 2 fully saturated rings. The second-order valence-electron chi connectivity index (χ2n) is 7.68. The van der Waals surface area contributed by atoms with Crippen LogP contribution in [-0.4, -0.2) is 28.8 Å². The van der Waals surface area contributed by atoms with Gasteiger partial charge in [-0.2, -0.15) is 13.2 Å². The molecule has 0 bridgehead atoms. The van der Waals surface area contributed by atoms with E-state index in [0.717, 1.165) is 43.4 Å². The predicted octanol–water partition coefficient (Wildman–Crippen LogP) is 4.40. The fraction of sp³-hybridized carbons (Fsp3) is 0.364. The van der Waals surface area contributed by atoms with Crippen molar-refractivity contribution in [1.82, 2.24) is 10.2 Å². The first-order chi connectivity index (χ1) is 13.8. The Morgan fingerprint density at radius 2 is 1.48 bits per heavy atom. The van der Waals surface area contributed by atoms with Crippen molar-refractivity contribution in [1.29, 1.82) is 0 Å². The first-order valence-corrected chi connectivity index (χ1v) is 9.69. The number of benzene rings is 2. The molecule has 0 atom stereocenters. The number of carbonyl (C=O) groups is 2. The largest absolute Gasteiger partial charge is 0.416 e. The molecular weight excluding hydrogens is 381 g/mol. The minimum atomic E-state index is -4.43. The predicted molar refractivity (Wildman–Crippen MR) is 101 cm³/mol. The van der Waals surface area contributed by atoms with Gasteiger partial charge in [0.2, 0.25) is 0 Å². The van der Waals surface area contributed by atoms with Crippen LogP contribution in [0.15, 0.2) is 48.5 Å². The molecule has 2 aliphatic rings. The minimum absolute atomic E-state index is 0.0982. The number of amides is 2. The van der Waals surface area contributed by atoms with Crippen LogP contribution in [-0.2, 0) is 12.7 Å². The van der Waals surface area contributed by atoms with Gasteiger partial charge in [0, 0.05) is 29.8 Å². The molecule has 0 spiro atoms. The summed E-state index contributed by atoms with van der Waals surface area (Å²) in [6.45, 7) is 0.356. The van der Waals surface area contributed by atoms with E-state index in [4.69, 9.17) is 0 Å². The Kier molecular flexibility index (Phi) is 5.06. The maximum atomic E-state index is 12.9. The summed E-state index contributed by atoms with van der Waals surface area (Å²) in [5.74, 6) is -0.379. The lowest BCUT2D eigenvalue weighted by molar-refractivity contribution is -0.137. The number of carbonyl (C=O) groups excluding carboxylic acids is 2. The highest BCUT2D eigenvalue weighted by Crippen LogP contribution is 2.32. The second kappa shape index (κ2) is 7.54. The lowest BCUT2D eigenvalue weighted by Gasteiger charge is -2.23. The van der Waals surface area contributed by atoms with Gasteiger partial charge >= 0.3 is 6.18 Å². The van der Waals surface area contributed by atoms with Crippen molar-refractivity contribution in [2.45, 2.75) is 50.5 Å². The molecule has 4 nitrogen and oxygen atoms in total. The van der Waals surface area contributed by atoms with E-state index in [1.807, 2.05) is 12.1 Å². The smallest absolute Gasteiger partial charge is 0.349 e. The number of halogens is 3. The second-order valence-corrected chi connectivity index (χ2v) is 7.68. The quantitative estimate of drug-likeness (QED) is 0.779. The van der Waals surface area contributed by atoms with Crippen molar-refractivity contribution in [3.05, 3.63) is 70.8 Å². The first kappa shape index (κ1) is 19.5. The highest BCUT2D eigenvalue weighted by molar-refractivity contribution is 5.95. The van der Waals surface area contributed by atoms with E-state index < -0.39 is 11.7 Å². The summed E-state index contributed by atoms with van der Waals surface area (Å²) in [7, 11) is 0. The fourth-order valence-electron chi connectivity index (χ4n) is 3.18. The van der Waals surface area contributed by atoms with Crippen LogP contribution in [0.4, 0.5) is 13.2 Å².